The Bertz CT molecular complexity index is 1030. The maximum Gasteiger partial charge on any atom is 0.241 e. The molecule has 2 aromatic rings. The minimum Gasteiger partial charge on any atom is -0.208 e. The largest absolute Gasteiger partial charge is 0.241 e. The fraction of sp³-hybridized carbons (Fsp3) is 0.333. The van der Waals surface area contributed by atoms with E-state index >= 15 is 0 Å². The van der Waals surface area contributed by atoms with Crippen LogP contribution in [-0.4, -0.2) is 22.9 Å². The first kappa shape index (κ1) is 17.7. The van der Waals surface area contributed by atoms with Crippen molar-refractivity contribution < 1.29 is 16.8 Å². The van der Waals surface area contributed by atoms with Gasteiger partial charge >= 0.3 is 0 Å². The van der Waals surface area contributed by atoms with Gasteiger partial charge in [-0.25, -0.2) is 26.3 Å². The number of hydrogen-bond donors (Lipinski definition) is 2. The van der Waals surface area contributed by atoms with Gasteiger partial charge in [0.2, 0.25) is 20.0 Å². The van der Waals surface area contributed by atoms with E-state index in [1.807, 2.05) is 24.3 Å². The zero-order valence-corrected chi connectivity index (χ0v) is 15.7. The van der Waals surface area contributed by atoms with E-state index in [1.54, 1.807) is 0 Å². The van der Waals surface area contributed by atoms with Crippen LogP contribution in [0.1, 0.15) is 36.4 Å². The van der Waals surface area contributed by atoms with Crippen molar-refractivity contribution in [3.63, 3.8) is 0 Å². The van der Waals surface area contributed by atoms with Crippen molar-refractivity contribution in [3.8, 4) is 0 Å². The molecule has 0 unspecified atom stereocenters. The van der Waals surface area contributed by atoms with Crippen molar-refractivity contribution in [1.82, 2.24) is 9.44 Å². The third kappa shape index (κ3) is 3.55. The molecule has 0 amide bonds. The summed E-state index contributed by atoms with van der Waals surface area (Å²) in [5.41, 5.74) is 2.16. The minimum atomic E-state index is -3.72. The number of aryl methyl sites for hydroxylation is 1. The van der Waals surface area contributed by atoms with Crippen LogP contribution in [0, 0.1) is 0 Å². The van der Waals surface area contributed by atoms with Crippen LogP contribution in [0.3, 0.4) is 0 Å². The van der Waals surface area contributed by atoms with Gasteiger partial charge in [-0.05, 0) is 61.1 Å². The molecule has 6 nitrogen and oxygen atoms in total. The van der Waals surface area contributed by atoms with Gasteiger partial charge < -0.3 is 0 Å². The summed E-state index contributed by atoms with van der Waals surface area (Å²) in [5, 5.41) is 0. The van der Waals surface area contributed by atoms with Gasteiger partial charge in [0.1, 0.15) is 0 Å². The molecule has 2 aromatic carbocycles. The number of hydrogen-bond acceptors (Lipinski definition) is 4. The number of nitrogens with one attached hydrogen (secondary N) is 2. The van der Waals surface area contributed by atoms with Gasteiger partial charge in [-0.15, -0.1) is 0 Å². The van der Waals surface area contributed by atoms with Gasteiger partial charge in [0.15, 0.2) is 0 Å². The van der Waals surface area contributed by atoms with Crippen molar-refractivity contribution in [2.75, 3.05) is 0 Å². The smallest absolute Gasteiger partial charge is 0.208 e. The molecule has 1 saturated carbocycles. The summed E-state index contributed by atoms with van der Waals surface area (Å²) in [6.07, 6.45) is 3.25. The Balaban J connectivity index is 1.53. The van der Waals surface area contributed by atoms with Crippen LogP contribution in [0.25, 0.3) is 0 Å². The average molecular weight is 393 g/mol. The summed E-state index contributed by atoms with van der Waals surface area (Å²) in [6, 6.07) is 12.9. The molecule has 0 aromatic heterocycles. The van der Waals surface area contributed by atoms with Crippen molar-refractivity contribution in [1.29, 1.82) is 0 Å². The van der Waals surface area contributed by atoms with Crippen LogP contribution in [0.2, 0.25) is 0 Å². The second-order valence-corrected chi connectivity index (χ2v) is 10.2. The monoisotopic (exact) mass is 392 g/mol. The van der Waals surface area contributed by atoms with Crippen LogP contribution >= 0.6 is 0 Å². The summed E-state index contributed by atoms with van der Waals surface area (Å²) in [5.74, 6) is 0. The Hall–Kier alpha value is -1.74. The Morgan fingerprint density at radius 1 is 0.731 bits per heavy atom. The summed E-state index contributed by atoms with van der Waals surface area (Å²) in [6.45, 7) is 0. The lowest BCUT2D eigenvalue weighted by molar-refractivity contribution is 0.554. The number of fused-ring (bicyclic) bond motifs is 1. The minimum absolute atomic E-state index is 0.00695. The molecule has 0 aliphatic heterocycles. The Morgan fingerprint density at radius 3 is 1.92 bits per heavy atom. The van der Waals surface area contributed by atoms with Crippen LogP contribution in [-0.2, 0) is 26.5 Å². The molecule has 0 heterocycles. The third-order valence-electron chi connectivity index (χ3n) is 4.77. The Kier molecular flexibility index (Phi) is 4.38. The highest BCUT2D eigenvalue weighted by Crippen LogP contribution is 2.32. The first-order chi connectivity index (χ1) is 12.4. The van der Waals surface area contributed by atoms with Crippen molar-refractivity contribution in [2.24, 2.45) is 0 Å². The molecule has 8 heteroatoms. The lowest BCUT2D eigenvalue weighted by Gasteiger charge is -2.15. The second kappa shape index (κ2) is 6.45. The number of benzene rings is 2. The lowest BCUT2D eigenvalue weighted by atomic mass is 10.1. The van der Waals surface area contributed by atoms with Gasteiger partial charge in [0.05, 0.1) is 9.79 Å². The van der Waals surface area contributed by atoms with Crippen LogP contribution in [0.4, 0.5) is 0 Å². The Labute approximate surface area is 153 Å². The predicted molar refractivity (Wildman–Crippen MR) is 97.6 cm³/mol. The van der Waals surface area contributed by atoms with Gasteiger partial charge in [0.25, 0.3) is 0 Å². The van der Waals surface area contributed by atoms with Crippen molar-refractivity contribution in [3.05, 3.63) is 59.7 Å². The number of rotatable bonds is 6. The highest BCUT2D eigenvalue weighted by molar-refractivity contribution is 7.90. The van der Waals surface area contributed by atoms with E-state index in [1.165, 1.54) is 24.3 Å². The molecule has 0 spiro atoms. The fourth-order valence-electron chi connectivity index (χ4n) is 3.22. The predicted octanol–water partition coefficient (Wildman–Crippen LogP) is 2.09. The molecule has 0 saturated heterocycles. The summed E-state index contributed by atoms with van der Waals surface area (Å²) in [4.78, 5) is 0.141. The van der Waals surface area contributed by atoms with E-state index in [-0.39, 0.29) is 21.9 Å². The zero-order valence-electron chi connectivity index (χ0n) is 14.1. The maximum absolute atomic E-state index is 12.7. The molecule has 0 radical (unpaired) electrons. The summed E-state index contributed by atoms with van der Waals surface area (Å²) in [7, 11) is -7.31. The van der Waals surface area contributed by atoms with E-state index in [0.29, 0.717) is 0 Å². The lowest BCUT2D eigenvalue weighted by Crippen LogP contribution is -2.28. The quantitative estimate of drug-likeness (QED) is 0.787. The van der Waals surface area contributed by atoms with E-state index in [9.17, 15) is 16.8 Å². The van der Waals surface area contributed by atoms with E-state index in [2.05, 4.69) is 9.44 Å². The Morgan fingerprint density at radius 2 is 1.31 bits per heavy atom. The molecule has 2 N–H and O–H groups in total. The topological polar surface area (TPSA) is 92.3 Å². The van der Waals surface area contributed by atoms with Crippen molar-refractivity contribution >= 4 is 20.0 Å². The highest BCUT2D eigenvalue weighted by atomic mass is 32.2. The number of sulfonamides is 2. The van der Waals surface area contributed by atoms with E-state index in [4.69, 9.17) is 0 Å². The average Bonchev–Trinajstić information content (AvgIpc) is 3.33. The molecule has 1 atom stereocenters. The van der Waals surface area contributed by atoms with Gasteiger partial charge in [0, 0.05) is 12.1 Å². The zero-order chi connectivity index (χ0) is 18.4. The van der Waals surface area contributed by atoms with Crippen molar-refractivity contribution in [2.45, 2.75) is 47.6 Å². The molecule has 0 bridgehead atoms. The van der Waals surface area contributed by atoms with Gasteiger partial charge in [-0.3, -0.25) is 0 Å². The molecular weight excluding hydrogens is 372 g/mol. The molecule has 26 heavy (non-hydrogen) atoms. The molecule has 2 aliphatic carbocycles. The third-order valence-corrected chi connectivity index (χ3v) is 7.80. The van der Waals surface area contributed by atoms with Crippen LogP contribution < -0.4 is 9.44 Å². The van der Waals surface area contributed by atoms with E-state index < -0.39 is 20.0 Å². The maximum atomic E-state index is 12.7. The van der Waals surface area contributed by atoms with Crippen LogP contribution in [0.15, 0.2) is 58.3 Å². The second-order valence-electron chi connectivity index (χ2n) is 6.78. The summed E-state index contributed by atoms with van der Waals surface area (Å²) >= 11 is 0. The molecule has 138 valence electrons. The highest BCUT2D eigenvalue weighted by Gasteiger charge is 2.29. The molecule has 2 aliphatic rings. The van der Waals surface area contributed by atoms with Crippen LogP contribution in [0.5, 0.6) is 0 Å². The normalized spacial score (nSPS) is 20.1. The molecule has 4 rings (SSSR count). The molecule has 1 fully saturated rings. The summed E-state index contributed by atoms with van der Waals surface area (Å²) < 4.78 is 55.0. The first-order valence-corrected chi connectivity index (χ1v) is 11.5. The van der Waals surface area contributed by atoms with Gasteiger partial charge in [-0.2, -0.15) is 0 Å². The first-order valence-electron chi connectivity index (χ1n) is 8.58. The SMILES string of the molecule is O=S(=O)(NC1CC1)c1ccc(S(=O)(=O)N[C@@H]2CCc3ccccc32)cc1. The van der Waals surface area contributed by atoms with E-state index in [0.717, 1.165) is 36.8 Å². The molecular formula is C18H20N2O4S2. The fourth-order valence-corrected chi connectivity index (χ4v) is 5.78. The standard InChI is InChI=1S/C18H20N2O4S2/c21-25(22,19-14-6-7-14)15-8-10-16(11-9-15)26(23,24)20-18-12-5-13-3-1-2-4-17(13)18/h1-4,8-11,14,18-20H,5-7,12H2/t18-/m1/s1. The van der Waals surface area contributed by atoms with Gasteiger partial charge in [-0.1, -0.05) is 24.3 Å².